The summed E-state index contributed by atoms with van der Waals surface area (Å²) in [5, 5.41) is 6.03. The van der Waals surface area contributed by atoms with Crippen LogP contribution in [0.3, 0.4) is 0 Å². The largest absolute Gasteiger partial charge is 0.468 e. The second-order valence-corrected chi connectivity index (χ2v) is 5.22. The summed E-state index contributed by atoms with van der Waals surface area (Å²) in [5.41, 5.74) is 0.828. The molecule has 0 aliphatic carbocycles. The van der Waals surface area contributed by atoms with Gasteiger partial charge in [-0.1, -0.05) is 30.3 Å². The van der Waals surface area contributed by atoms with Crippen molar-refractivity contribution in [3.8, 4) is 0 Å². The van der Waals surface area contributed by atoms with Crippen molar-refractivity contribution in [2.24, 2.45) is 0 Å². The lowest BCUT2D eigenvalue weighted by atomic mass is 9.99. The molecule has 1 aromatic rings. The van der Waals surface area contributed by atoms with Gasteiger partial charge < -0.3 is 20.1 Å². The Balaban J connectivity index is 1.88. The smallest absolute Gasteiger partial charge is 0.314 e. The Morgan fingerprint density at radius 3 is 2.82 bits per heavy atom. The van der Waals surface area contributed by atoms with Crippen molar-refractivity contribution in [1.29, 1.82) is 0 Å². The summed E-state index contributed by atoms with van der Waals surface area (Å²) in [7, 11) is 1.35. The van der Waals surface area contributed by atoms with Crippen LogP contribution in [-0.2, 0) is 19.1 Å². The molecule has 1 aromatic carbocycles. The molecule has 2 unspecified atom stereocenters. The first-order chi connectivity index (χ1) is 10.7. The standard InChI is InChI=1S/C16H22N2O4/c1-21-16(20)14(12-5-3-2-4-6-12)10-18-15(19)9-13-11-22-8-7-17-13/h2-6,13-14,17H,7-11H2,1H3,(H,18,19). The van der Waals surface area contributed by atoms with Crippen LogP contribution >= 0.6 is 0 Å². The molecule has 0 aromatic heterocycles. The average molecular weight is 306 g/mol. The molecule has 22 heavy (non-hydrogen) atoms. The van der Waals surface area contributed by atoms with Crippen LogP contribution in [0, 0.1) is 0 Å². The lowest BCUT2D eigenvalue weighted by molar-refractivity contribution is -0.142. The number of carbonyl (C=O) groups is 2. The molecule has 6 nitrogen and oxygen atoms in total. The van der Waals surface area contributed by atoms with Gasteiger partial charge in [0.15, 0.2) is 0 Å². The number of ether oxygens (including phenoxy) is 2. The molecule has 1 fully saturated rings. The number of hydrogen-bond acceptors (Lipinski definition) is 5. The Morgan fingerprint density at radius 1 is 1.41 bits per heavy atom. The van der Waals surface area contributed by atoms with Crippen molar-refractivity contribution >= 4 is 11.9 Å². The molecule has 0 bridgehead atoms. The third kappa shape index (κ3) is 4.82. The number of rotatable bonds is 6. The lowest BCUT2D eigenvalue weighted by Crippen LogP contribution is -2.44. The van der Waals surface area contributed by atoms with Crippen LogP contribution in [-0.4, -0.2) is 51.3 Å². The van der Waals surface area contributed by atoms with E-state index in [2.05, 4.69) is 10.6 Å². The van der Waals surface area contributed by atoms with Crippen LogP contribution in [0.1, 0.15) is 17.9 Å². The fourth-order valence-corrected chi connectivity index (χ4v) is 2.43. The van der Waals surface area contributed by atoms with E-state index in [0.717, 1.165) is 12.1 Å². The molecule has 2 atom stereocenters. The quantitative estimate of drug-likeness (QED) is 0.746. The van der Waals surface area contributed by atoms with Gasteiger partial charge >= 0.3 is 5.97 Å². The highest BCUT2D eigenvalue weighted by molar-refractivity contribution is 5.81. The van der Waals surface area contributed by atoms with Crippen molar-refractivity contribution < 1.29 is 19.1 Å². The maximum Gasteiger partial charge on any atom is 0.314 e. The summed E-state index contributed by atoms with van der Waals surface area (Å²) in [6, 6.07) is 9.33. The molecule has 1 saturated heterocycles. The van der Waals surface area contributed by atoms with Crippen molar-refractivity contribution in [3.05, 3.63) is 35.9 Å². The fourth-order valence-electron chi connectivity index (χ4n) is 2.43. The first kappa shape index (κ1) is 16.5. The van der Waals surface area contributed by atoms with Gasteiger partial charge in [-0.3, -0.25) is 9.59 Å². The summed E-state index contributed by atoms with van der Waals surface area (Å²) >= 11 is 0. The molecule has 120 valence electrons. The van der Waals surface area contributed by atoms with E-state index in [1.165, 1.54) is 7.11 Å². The molecule has 0 spiro atoms. The molecular weight excluding hydrogens is 284 g/mol. The second-order valence-electron chi connectivity index (χ2n) is 5.22. The van der Waals surface area contributed by atoms with E-state index in [4.69, 9.17) is 9.47 Å². The number of amides is 1. The summed E-state index contributed by atoms with van der Waals surface area (Å²) in [5.74, 6) is -0.954. The van der Waals surface area contributed by atoms with Crippen LogP contribution in [0.5, 0.6) is 0 Å². The van der Waals surface area contributed by atoms with Crippen molar-refractivity contribution in [2.45, 2.75) is 18.4 Å². The maximum absolute atomic E-state index is 12.0. The van der Waals surface area contributed by atoms with E-state index >= 15 is 0 Å². The van der Waals surface area contributed by atoms with Crippen LogP contribution in [0.25, 0.3) is 0 Å². The number of hydrogen-bond donors (Lipinski definition) is 2. The first-order valence-corrected chi connectivity index (χ1v) is 7.41. The SMILES string of the molecule is COC(=O)C(CNC(=O)CC1COCCN1)c1ccccc1. The molecule has 0 saturated carbocycles. The summed E-state index contributed by atoms with van der Waals surface area (Å²) in [6.07, 6.45) is 0.336. The van der Waals surface area contributed by atoms with Crippen LogP contribution in [0.2, 0.25) is 0 Å². The van der Waals surface area contributed by atoms with Gasteiger partial charge in [0, 0.05) is 25.6 Å². The number of esters is 1. The third-order valence-corrected chi connectivity index (χ3v) is 3.62. The zero-order valence-corrected chi connectivity index (χ0v) is 12.7. The predicted octanol–water partition coefficient (Wildman–Crippen LogP) is 0.438. The summed E-state index contributed by atoms with van der Waals surface area (Å²) < 4.78 is 10.1. The zero-order chi connectivity index (χ0) is 15.8. The molecule has 2 rings (SSSR count). The summed E-state index contributed by atoms with van der Waals surface area (Å²) in [4.78, 5) is 23.9. The Morgan fingerprint density at radius 2 is 2.18 bits per heavy atom. The van der Waals surface area contributed by atoms with E-state index in [0.29, 0.717) is 19.6 Å². The molecule has 6 heteroatoms. The number of nitrogens with one attached hydrogen (secondary N) is 2. The second kappa shape index (κ2) is 8.51. The minimum atomic E-state index is -0.495. The molecule has 1 aliphatic rings. The van der Waals surface area contributed by atoms with E-state index in [9.17, 15) is 9.59 Å². The molecule has 2 N–H and O–H groups in total. The normalized spacial score (nSPS) is 19.2. The highest BCUT2D eigenvalue weighted by Gasteiger charge is 2.23. The van der Waals surface area contributed by atoms with Crippen LogP contribution < -0.4 is 10.6 Å². The highest BCUT2D eigenvalue weighted by atomic mass is 16.5. The molecule has 1 heterocycles. The predicted molar refractivity (Wildman–Crippen MR) is 81.4 cm³/mol. The minimum Gasteiger partial charge on any atom is -0.468 e. The third-order valence-electron chi connectivity index (χ3n) is 3.62. The van der Waals surface area contributed by atoms with Crippen molar-refractivity contribution in [2.75, 3.05) is 33.4 Å². The van der Waals surface area contributed by atoms with Gasteiger partial charge in [0.05, 0.1) is 26.2 Å². The van der Waals surface area contributed by atoms with E-state index < -0.39 is 5.92 Å². The monoisotopic (exact) mass is 306 g/mol. The van der Waals surface area contributed by atoms with E-state index in [-0.39, 0.29) is 24.5 Å². The van der Waals surface area contributed by atoms with Gasteiger partial charge in [-0.2, -0.15) is 0 Å². The lowest BCUT2D eigenvalue weighted by Gasteiger charge is -2.23. The van der Waals surface area contributed by atoms with Crippen LogP contribution in [0.4, 0.5) is 0 Å². The van der Waals surface area contributed by atoms with Crippen molar-refractivity contribution in [1.82, 2.24) is 10.6 Å². The molecule has 0 radical (unpaired) electrons. The first-order valence-electron chi connectivity index (χ1n) is 7.41. The molecular formula is C16H22N2O4. The zero-order valence-electron chi connectivity index (χ0n) is 12.7. The van der Waals surface area contributed by atoms with Crippen LogP contribution in [0.15, 0.2) is 30.3 Å². The number of morpholine rings is 1. The molecule has 1 aliphatic heterocycles. The van der Waals surface area contributed by atoms with Gasteiger partial charge in [-0.15, -0.1) is 0 Å². The van der Waals surface area contributed by atoms with Gasteiger partial charge in [-0.25, -0.2) is 0 Å². The number of benzene rings is 1. The van der Waals surface area contributed by atoms with E-state index in [1.807, 2.05) is 30.3 Å². The van der Waals surface area contributed by atoms with Crippen molar-refractivity contribution in [3.63, 3.8) is 0 Å². The highest BCUT2D eigenvalue weighted by Crippen LogP contribution is 2.16. The van der Waals surface area contributed by atoms with E-state index in [1.54, 1.807) is 0 Å². The van der Waals surface area contributed by atoms with Gasteiger partial charge in [0.25, 0.3) is 0 Å². The Kier molecular flexibility index (Phi) is 6.36. The van der Waals surface area contributed by atoms with Gasteiger partial charge in [-0.05, 0) is 5.56 Å². The van der Waals surface area contributed by atoms with Gasteiger partial charge in [0.1, 0.15) is 0 Å². The van der Waals surface area contributed by atoms with Gasteiger partial charge in [0.2, 0.25) is 5.91 Å². The Bertz CT molecular complexity index is 486. The molecule has 1 amide bonds. The fraction of sp³-hybridized carbons (Fsp3) is 0.500. The maximum atomic E-state index is 12.0. The topological polar surface area (TPSA) is 76.7 Å². The Hall–Kier alpha value is -1.92. The Labute approximate surface area is 130 Å². The number of methoxy groups -OCH3 is 1. The average Bonchev–Trinajstić information content (AvgIpc) is 2.56. The number of carbonyl (C=O) groups excluding carboxylic acids is 2. The summed E-state index contributed by atoms with van der Waals surface area (Å²) in [6.45, 7) is 2.19. The minimum absolute atomic E-state index is 0.0297.